The van der Waals surface area contributed by atoms with Gasteiger partial charge in [-0.15, -0.1) is 0 Å². The minimum absolute atomic E-state index is 0.212. The second-order valence-corrected chi connectivity index (χ2v) is 2.99. The molecule has 15 heavy (non-hydrogen) atoms. The SMILES string of the molecule is CC(N)=O.O=C(O)CCc1ccccc1. The first-order valence-electron chi connectivity index (χ1n) is 4.54. The van der Waals surface area contributed by atoms with Gasteiger partial charge in [-0.05, 0) is 12.0 Å². The third-order valence-corrected chi connectivity index (χ3v) is 1.47. The molecule has 0 saturated heterocycles. The number of aliphatic carboxylic acids is 1. The first-order valence-corrected chi connectivity index (χ1v) is 4.54. The number of nitrogens with two attached hydrogens (primary N) is 1. The molecule has 3 N–H and O–H groups in total. The van der Waals surface area contributed by atoms with Crippen LogP contribution in [0.4, 0.5) is 0 Å². The third kappa shape index (κ3) is 10.1. The number of benzene rings is 1. The van der Waals surface area contributed by atoms with E-state index in [1.165, 1.54) is 6.92 Å². The molecule has 0 aliphatic carbocycles. The Balaban J connectivity index is 0.000000423. The van der Waals surface area contributed by atoms with Crippen LogP contribution in [0.15, 0.2) is 30.3 Å². The Morgan fingerprint density at radius 2 is 1.73 bits per heavy atom. The van der Waals surface area contributed by atoms with Crippen molar-refractivity contribution in [1.29, 1.82) is 0 Å². The van der Waals surface area contributed by atoms with E-state index in [1.54, 1.807) is 0 Å². The van der Waals surface area contributed by atoms with E-state index < -0.39 is 5.97 Å². The second-order valence-electron chi connectivity index (χ2n) is 2.99. The monoisotopic (exact) mass is 209 g/mol. The number of carboxylic acid groups (broad SMARTS) is 1. The van der Waals surface area contributed by atoms with Gasteiger partial charge >= 0.3 is 5.97 Å². The summed E-state index contributed by atoms with van der Waals surface area (Å²) in [5.41, 5.74) is 5.55. The molecule has 0 aromatic heterocycles. The van der Waals surface area contributed by atoms with Gasteiger partial charge in [0.1, 0.15) is 0 Å². The molecule has 1 aromatic rings. The number of carboxylic acids is 1. The Kier molecular flexibility index (Phi) is 6.63. The van der Waals surface area contributed by atoms with Gasteiger partial charge in [-0.1, -0.05) is 30.3 Å². The molecule has 1 amide bonds. The smallest absolute Gasteiger partial charge is 0.303 e. The van der Waals surface area contributed by atoms with Gasteiger partial charge in [-0.3, -0.25) is 9.59 Å². The maximum absolute atomic E-state index is 10.2. The second kappa shape index (κ2) is 7.55. The summed E-state index contributed by atoms with van der Waals surface area (Å²) in [6.07, 6.45) is 0.834. The highest BCUT2D eigenvalue weighted by Gasteiger charge is 1.96. The van der Waals surface area contributed by atoms with Crippen LogP contribution in [0.25, 0.3) is 0 Å². The van der Waals surface area contributed by atoms with Gasteiger partial charge in [0, 0.05) is 13.3 Å². The van der Waals surface area contributed by atoms with Crippen molar-refractivity contribution in [2.24, 2.45) is 5.73 Å². The van der Waals surface area contributed by atoms with Gasteiger partial charge in [0.05, 0.1) is 0 Å². The van der Waals surface area contributed by atoms with Crippen LogP contribution in [0, 0.1) is 0 Å². The van der Waals surface area contributed by atoms with E-state index in [-0.39, 0.29) is 12.3 Å². The van der Waals surface area contributed by atoms with Crippen molar-refractivity contribution in [3.63, 3.8) is 0 Å². The molecular weight excluding hydrogens is 194 g/mol. The van der Waals surface area contributed by atoms with Gasteiger partial charge < -0.3 is 10.8 Å². The van der Waals surface area contributed by atoms with Crippen molar-refractivity contribution in [3.05, 3.63) is 35.9 Å². The van der Waals surface area contributed by atoms with E-state index in [0.29, 0.717) is 6.42 Å². The Bertz CT molecular complexity index is 305. The van der Waals surface area contributed by atoms with Gasteiger partial charge in [0.15, 0.2) is 0 Å². The lowest BCUT2D eigenvalue weighted by atomic mass is 10.1. The predicted octanol–water partition coefficient (Wildman–Crippen LogP) is 1.20. The van der Waals surface area contributed by atoms with E-state index in [0.717, 1.165) is 5.56 Å². The lowest BCUT2D eigenvalue weighted by molar-refractivity contribution is -0.137. The van der Waals surface area contributed by atoms with Crippen LogP contribution in [0.2, 0.25) is 0 Å². The predicted molar refractivity (Wildman–Crippen MR) is 57.3 cm³/mol. The zero-order valence-electron chi connectivity index (χ0n) is 8.64. The molecule has 82 valence electrons. The molecule has 0 bridgehead atoms. The van der Waals surface area contributed by atoms with Crippen LogP contribution in [-0.2, 0) is 16.0 Å². The Morgan fingerprint density at radius 1 is 1.27 bits per heavy atom. The largest absolute Gasteiger partial charge is 0.481 e. The molecule has 0 fully saturated rings. The van der Waals surface area contributed by atoms with E-state index in [2.05, 4.69) is 5.73 Å². The number of carbonyl (C=O) groups is 2. The van der Waals surface area contributed by atoms with Gasteiger partial charge in [-0.25, -0.2) is 0 Å². The van der Waals surface area contributed by atoms with Crippen molar-refractivity contribution < 1.29 is 14.7 Å². The lowest BCUT2D eigenvalue weighted by Crippen LogP contribution is -2.01. The van der Waals surface area contributed by atoms with E-state index in [9.17, 15) is 9.59 Å². The number of rotatable bonds is 3. The fourth-order valence-electron chi connectivity index (χ4n) is 0.896. The molecule has 0 aliphatic rings. The maximum Gasteiger partial charge on any atom is 0.303 e. The fourth-order valence-corrected chi connectivity index (χ4v) is 0.896. The topological polar surface area (TPSA) is 80.4 Å². The first kappa shape index (κ1) is 13.2. The maximum atomic E-state index is 10.2. The summed E-state index contributed by atoms with van der Waals surface area (Å²) >= 11 is 0. The quantitative estimate of drug-likeness (QED) is 0.784. The number of carbonyl (C=O) groups excluding carboxylic acids is 1. The Morgan fingerprint density at radius 3 is 2.13 bits per heavy atom. The average Bonchev–Trinajstić information content (AvgIpc) is 2.15. The molecule has 4 nitrogen and oxygen atoms in total. The Hall–Kier alpha value is -1.84. The number of primary amides is 1. The molecule has 0 unspecified atom stereocenters. The number of aryl methyl sites for hydroxylation is 1. The lowest BCUT2D eigenvalue weighted by Gasteiger charge is -1.95. The zero-order valence-corrected chi connectivity index (χ0v) is 8.64. The molecule has 0 heterocycles. The number of hydrogen-bond donors (Lipinski definition) is 2. The average molecular weight is 209 g/mol. The molecule has 0 spiro atoms. The highest BCUT2D eigenvalue weighted by atomic mass is 16.4. The van der Waals surface area contributed by atoms with Crippen LogP contribution < -0.4 is 5.73 Å². The van der Waals surface area contributed by atoms with Crippen LogP contribution in [-0.4, -0.2) is 17.0 Å². The summed E-state index contributed by atoms with van der Waals surface area (Å²) < 4.78 is 0. The summed E-state index contributed by atoms with van der Waals surface area (Å²) in [5, 5.41) is 8.37. The standard InChI is InChI=1S/C9H10O2.C2H5NO/c10-9(11)7-6-8-4-2-1-3-5-8;1-2(3)4/h1-5H,6-7H2,(H,10,11);1H3,(H2,3,4). The van der Waals surface area contributed by atoms with Gasteiger partial charge in [-0.2, -0.15) is 0 Å². The molecule has 4 heteroatoms. The van der Waals surface area contributed by atoms with Crippen LogP contribution in [0.1, 0.15) is 18.9 Å². The summed E-state index contributed by atoms with van der Waals surface area (Å²) in [7, 11) is 0. The highest BCUT2D eigenvalue weighted by molar-refractivity contribution is 5.70. The van der Waals surface area contributed by atoms with Crippen molar-refractivity contribution in [1.82, 2.24) is 0 Å². The van der Waals surface area contributed by atoms with E-state index in [1.807, 2.05) is 30.3 Å². The van der Waals surface area contributed by atoms with E-state index in [4.69, 9.17) is 5.11 Å². The van der Waals surface area contributed by atoms with Gasteiger partial charge in [0.25, 0.3) is 0 Å². The molecule has 0 saturated carbocycles. The third-order valence-electron chi connectivity index (χ3n) is 1.47. The van der Waals surface area contributed by atoms with Crippen molar-refractivity contribution in [2.45, 2.75) is 19.8 Å². The zero-order chi connectivity index (χ0) is 11.7. The van der Waals surface area contributed by atoms with Crippen LogP contribution in [0.5, 0.6) is 0 Å². The van der Waals surface area contributed by atoms with E-state index >= 15 is 0 Å². The highest BCUT2D eigenvalue weighted by Crippen LogP contribution is 2.01. The van der Waals surface area contributed by atoms with Crippen LogP contribution >= 0.6 is 0 Å². The minimum Gasteiger partial charge on any atom is -0.481 e. The van der Waals surface area contributed by atoms with Crippen molar-refractivity contribution in [2.75, 3.05) is 0 Å². The molecule has 0 aliphatic heterocycles. The first-order chi connectivity index (χ1) is 7.02. The van der Waals surface area contributed by atoms with Crippen molar-refractivity contribution >= 4 is 11.9 Å². The summed E-state index contributed by atoms with van der Waals surface area (Å²) in [4.78, 5) is 19.4. The molecule has 0 atom stereocenters. The normalized spacial score (nSPS) is 8.60. The summed E-state index contributed by atoms with van der Waals surface area (Å²) in [6, 6.07) is 9.62. The molecule has 1 rings (SSSR count). The molecular formula is C11H15NO3. The Labute approximate surface area is 88.7 Å². The summed E-state index contributed by atoms with van der Waals surface area (Å²) in [6.45, 7) is 1.31. The van der Waals surface area contributed by atoms with Crippen LogP contribution in [0.3, 0.4) is 0 Å². The minimum atomic E-state index is -0.742. The number of hydrogen-bond acceptors (Lipinski definition) is 2. The molecule has 0 radical (unpaired) electrons. The summed E-state index contributed by atoms with van der Waals surface area (Å²) in [5.74, 6) is -1.08. The van der Waals surface area contributed by atoms with Gasteiger partial charge in [0.2, 0.25) is 5.91 Å². The number of amides is 1. The fraction of sp³-hybridized carbons (Fsp3) is 0.273. The molecule has 1 aromatic carbocycles. The van der Waals surface area contributed by atoms with Crippen molar-refractivity contribution in [3.8, 4) is 0 Å².